The SMILES string of the molecule is C1CC[SiH2]OC1.OP(O)O. The average Bonchev–Trinajstić information content (AvgIpc) is 1.90. The molecule has 10 heavy (non-hydrogen) atoms. The van der Waals surface area contributed by atoms with E-state index in [0.717, 1.165) is 6.61 Å². The maximum absolute atomic E-state index is 7.23. The molecule has 4 nitrogen and oxygen atoms in total. The van der Waals surface area contributed by atoms with Crippen molar-refractivity contribution in [3.63, 3.8) is 0 Å². The fourth-order valence-corrected chi connectivity index (χ4v) is 1.86. The van der Waals surface area contributed by atoms with E-state index in [2.05, 4.69) is 0 Å². The van der Waals surface area contributed by atoms with Gasteiger partial charge in [0.15, 0.2) is 9.76 Å². The zero-order chi connectivity index (χ0) is 7.82. The minimum Gasteiger partial charge on any atom is -0.424 e. The van der Waals surface area contributed by atoms with E-state index in [1.165, 1.54) is 18.9 Å². The van der Waals surface area contributed by atoms with E-state index < -0.39 is 8.60 Å². The van der Waals surface area contributed by atoms with Gasteiger partial charge in [0.2, 0.25) is 0 Å². The van der Waals surface area contributed by atoms with E-state index in [1.54, 1.807) is 0 Å². The molecule has 0 atom stereocenters. The second kappa shape index (κ2) is 7.59. The predicted octanol–water partition coefficient (Wildman–Crippen LogP) is -0.511. The van der Waals surface area contributed by atoms with Crippen LogP contribution in [0.4, 0.5) is 0 Å². The molecule has 62 valence electrons. The van der Waals surface area contributed by atoms with Gasteiger partial charge in [0, 0.05) is 6.61 Å². The lowest BCUT2D eigenvalue weighted by atomic mass is 10.4. The molecule has 0 radical (unpaired) electrons. The summed E-state index contributed by atoms with van der Waals surface area (Å²) in [6, 6.07) is 1.42. The van der Waals surface area contributed by atoms with Gasteiger partial charge < -0.3 is 19.1 Å². The first kappa shape index (κ1) is 10.5. The van der Waals surface area contributed by atoms with Gasteiger partial charge in [-0.25, -0.2) is 0 Å². The van der Waals surface area contributed by atoms with Gasteiger partial charge in [-0.1, -0.05) is 6.42 Å². The van der Waals surface area contributed by atoms with Crippen LogP contribution in [0.1, 0.15) is 12.8 Å². The largest absolute Gasteiger partial charge is 0.424 e. The van der Waals surface area contributed by atoms with Crippen LogP contribution >= 0.6 is 8.60 Å². The Morgan fingerprint density at radius 3 is 1.90 bits per heavy atom. The molecule has 1 fully saturated rings. The van der Waals surface area contributed by atoms with Crippen molar-refractivity contribution in [2.24, 2.45) is 0 Å². The van der Waals surface area contributed by atoms with Crippen LogP contribution in [0.15, 0.2) is 0 Å². The average molecular weight is 184 g/mol. The van der Waals surface area contributed by atoms with Crippen LogP contribution in [-0.4, -0.2) is 31.1 Å². The lowest BCUT2D eigenvalue weighted by Gasteiger charge is -2.07. The third-order valence-electron chi connectivity index (χ3n) is 1.08. The van der Waals surface area contributed by atoms with E-state index >= 15 is 0 Å². The number of hydrogen-bond acceptors (Lipinski definition) is 4. The molecule has 1 heterocycles. The topological polar surface area (TPSA) is 69.9 Å². The molecule has 0 unspecified atom stereocenters. The first-order valence-electron chi connectivity index (χ1n) is 3.18. The van der Waals surface area contributed by atoms with Gasteiger partial charge in [0.25, 0.3) is 0 Å². The highest BCUT2D eigenvalue weighted by Gasteiger charge is 1.96. The van der Waals surface area contributed by atoms with Gasteiger partial charge in [-0.15, -0.1) is 0 Å². The van der Waals surface area contributed by atoms with Crippen molar-refractivity contribution in [2.45, 2.75) is 18.9 Å². The first-order valence-corrected chi connectivity index (χ1v) is 5.95. The normalized spacial score (nSPS) is 20.4. The van der Waals surface area contributed by atoms with Crippen molar-refractivity contribution in [2.75, 3.05) is 6.61 Å². The Balaban J connectivity index is 0.000000180. The molecule has 0 aromatic rings. The molecule has 6 heteroatoms. The molecular weight excluding hydrogens is 171 g/mol. The Labute approximate surface area is 63.8 Å². The third-order valence-corrected chi connectivity index (χ3v) is 2.44. The van der Waals surface area contributed by atoms with Gasteiger partial charge in [-0.05, 0) is 12.5 Å². The van der Waals surface area contributed by atoms with Gasteiger partial charge in [0.1, 0.15) is 0 Å². The van der Waals surface area contributed by atoms with E-state index in [0.29, 0.717) is 0 Å². The summed E-state index contributed by atoms with van der Waals surface area (Å²) in [5, 5.41) is 0. The summed E-state index contributed by atoms with van der Waals surface area (Å²) >= 11 is 0. The van der Waals surface area contributed by atoms with Gasteiger partial charge in [-0.2, -0.15) is 0 Å². The van der Waals surface area contributed by atoms with E-state index in [4.69, 9.17) is 19.1 Å². The lowest BCUT2D eigenvalue weighted by Crippen LogP contribution is -2.06. The second-order valence-electron chi connectivity index (χ2n) is 1.94. The maximum atomic E-state index is 7.23. The van der Waals surface area contributed by atoms with E-state index in [9.17, 15) is 0 Å². The van der Waals surface area contributed by atoms with E-state index in [-0.39, 0.29) is 9.76 Å². The second-order valence-corrected chi connectivity index (χ2v) is 4.00. The quantitative estimate of drug-likeness (QED) is 0.350. The van der Waals surface area contributed by atoms with Crippen molar-refractivity contribution in [3.8, 4) is 0 Å². The standard InChI is InChI=1S/C4H10OSi.H3O3P/c1-2-4-6-5-3-1;1-4(2)3/h1-4,6H2;1-3H. The molecule has 0 amide bonds. The Hall–Kier alpha value is 0.487. The summed E-state index contributed by atoms with van der Waals surface area (Å²) in [4.78, 5) is 21.7. The fourth-order valence-electron chi connectivity index (χ4n) is 0.687. The smallest absolute Gasteiger partial charge is 0.324 e. The fraction of sp³-hybridized carbons (Fsp3) is 1.00. The highest BCUT2D eigenvalue weighted by Crippen LogP contribution is 2.11. The van der Waals surface area contributed by atoms with Crippen molar-refractivity contribution in [1.29, 1.82) is 0 Å². The number of hydrogen-bond donors (Lipinski definition) is 3. The zero-order valence-corrected chi connectivity index (χ0v) is 8.04. The third kappa shape index (κ3) is 11.3. The summed E-state index contributed by atoms with van der Waals surface area (Å²) in [6.45, 7) is 1.06. The van der Waals surface area contributed by atoms with Crippen molar-refractivity contribution in [3.05, 3.63) is 0 Å². The monoisotopic (exact) mass is 184 g/mol. The van der Waals surface area contributed by atoms with Crippen molar-refractivity contribution < 1.29 is 19.1 Å². The molecule has 0 bridgehead atoms. The van der Waals surface area contributed by atoms with Crippen LogP contribution < -0.4 is 0 Å². The summed E-state index contributed by atoms with van der Waals surface area (Å²) < 4.78 is 5.21. The molecule has 3 N–H and O–H groups in total. The Morgan fingerprint density at radius 1 is 1.20 bits per heavy atom. The van der Waals surface area contributed by atoms with Crippen LogP contribution in [0.2, 0.25) is 6.04 Å². The summed E-state index contributed by atoms with van der Waals surface area (Å²) in [6.07, 6.45) is 2.75. The van der Waals surface area contributed by atoms with Gasteiger partial charge >= 0.3 is 8.60 Å². The molecular formula is C4H13O4PSi. The highest BCUT2D eigenvalue weighted by atomic mass is 31.2. The lowest BCUT2D eigenvalue weighted by molar-refractivity contribution is 0.304. The predicted molar refractivity (Wildman–Crippen MR) is 42.1 cm³/mol. The van der Waals surface area contributed by atoms with E-state index in [1.807, 2.05) is 0 Å². The van der Waals surface area contributed by atoms with Crippen LogP contribution in [0.25, 0.3) is 0 Å². The Morgan fingerprint density at radius 2 is 1.80 bits per heavy atom. The van der Waals surface area contributed by atoms with Gasteiger partial charge in [-0.3, -0.25) is 0 Å². The molecule has 0 aromatic heterocycles. The molecule has 1 saturated heterocycles. The Bertz CT molecular complexity index is 54.0. The van der Waals surface area contributed by atoms with Crippen LogP contribution in [0.5, 0.6) is 0 Å². The molecule has 1 rings (SSSR count). The molecule has 0 aliphatic carbocycles. The highest BCUT2D eigenvalue weighted by molar-refractivity contribution is 7.38. The van der Waals surface area contributed by atoms with Crippen LogP contribution in [0, 0.1) is 0 Å². The summed E-state index contributed by atoms with van der Waals surface area (Å²) in [5.41, 5.74) is 0. The van der Waals surface area contributed by atoms with Crippen LogP contribution in [-0.2, 0) is 4.43 Å². The summed E-state index contributed by atoms with van der Waals surface area (Å²) in [5.74, 6) is 0. The zero-order valence-electron chi connectivity index (χ0n) is 5.73. The maximum Gasteiger partial charge on any atom is 0.324 e. The molecule has 0 saturated carbocycles. The molecule has 0 aromatic carbocycles. The van der Waals surface area contributed by atoms with Gasteiger partial charge in [0.05, 0.1) is 0 Å². The van der Waals surface area contributed by atoms with Crippen molar-refractivity contribution >= 4 is 18.4 Å². The first-order chi connectivity index (χ1) is 4.73. The Kier molecular flexibility index (Phi) is 7.96. The molecule has 1 aliphatic heterocycles. The molecule has 0 spiro atoms. The van der Waals surface area contributed by atoms with Crippen LogP contribution in [0.3, 0.4) is 0 Å². The molecule has 1 aliphatic rings. The van der Waals surface area contributed by atoms with Crippen molar-refractivity contribution in [1.82, 2.24) is 0 Å². The summed E-state index contributed by atoms with van der Waals surface area (Å²) in [7, 11) is -2.61. The minimum absolute atomic E-state index is 0.00849. The number of rotatable bonds is 0. The minimum atomic E-state index is -2.62.